The second-order valence-corrected chi connectivity index (χ2v) is 11.5. The quantitative estimate of drug-likeness (QED) is 0.553. The molecule has 0 aliphatic carbocycles. The summed E-state index contributed by atoms with van der Waals surface area (Å²) in [6.07, 6.45) is -0.250. The van der Waals surface area contributed by atoms with Gasteiger partial charge in [-0.25, -0.2) is 14.6 Å². The van der Waals surface area contributed by atoms with E-state index in [0.29, 0.717) is 25.3 Å². The molecular weight excluding hydrogens is 442 g/mol. The molecule has 0 atom stereocenters. The van der Waals surface area contributed by atoms with Crippen LogP contribution in [0.5, 0.6) is 0 Å². The van der Waals surface area contributed by atoms with E-state index in [9.17, 15) is 9.59 Å². The molecule has 35 heavy (non-hydrogen) atoms. The van der Waals surface area contributed by atoms with Crippen molar-refractivity contribution in [2.24, 2.45) is 12.5 Å². The SMILES string of the molecule is Cn1c(=O)n(CC(C)(C)C)c2ccc(-c3ccc(N4CCN(C(=O)OC(C)(C)C)CC4)cc3)nc21. The van der Waals surface area contributed by atoms with Gasteiger partial charge in [-0.2, -0.15) is 0 Å². The molecule has 2 aromatic heterocycles. The summed E-state index contributed by atoms with van der Waals surface area (Å²) < 4.78 is 8.93. The zero-order valence-corrected chi connectivity index (χ0v) is 22.0. The highest BCUT2D eigenvalue weighted by molar-refractivity contribution is 5.76. The van der Waals surface area contributed by atoms with Crippen molar-refractivity contribution in [1.82, 2.24) is 19.0 Å². The number of carbonyl (C=O) groups is 1. The molecule has 0 N–H and O–H groups in total. The number of imidazole rings is 1. The molecule has 8 nitrogen and oxygen atoms in total. The molecule has 0 spiro atoms. The Balaban J connectivity index is 1.48. The summed E-state index contributed by atoms with van der Waals surface area (Å²) in [7, 11) is 1.78. The fraction of sp³-hybridized carbons (Fsp3) is 0.519. The first-order valence-electron chi connectivity index (χ1n) is 12.2. The third-order valence-corrected chi connectivity index (χ3v) is 6.07. The monoisotopic (exact) mass is 479 g/mol. The van der Waals surface area contributed by atoms with E-state index in [1.54, 1.807) is 16.5 Å². The predicted molar refractivity (Wildman–Crippen MR) is 140 cm³/mol. The molecule has 3 heterocycles. The number of carbonyl (C=O) groups excluding carboxylic acids is 1. The first-order valence-corrected chi connectivity index (χ1v) is 12.2. The number of hydrogen-bond acceptors (Lipinski definition) is 5. The number of benzene rings is 1. The van der Waals surface area contributed by atoms with Crippen molar-refractivity contribution < 1.29 is 9.53 Å². The molecule has 8 heteroatoms. The number of fused-ring (bicyclic) bond motifs is 1. The molecule has 1 aliphatic heterocycles. The molecule has 0 unspecified atom stereocenters. The average Bonchev–Trinajstić information content (AvgIpc) is 3.01. The van der Waals surface area contributed by atoms with Crippen LogP contribution in [-0.4, -0.2) is 56.9 Å². The third kappa shape index (κ3) is 5.52. The van der Waals surface area contributed by atoms with Gasteiger partial charge in [0.15, 0.2) is 5.65 Å². The van der Waals surface area contributed by atoms with Gasteiger partial charge < -0.3 is 14.5 Å². The van der Waals surface area contributed by atoms with Crippen LogP contribution in [0.15, 0.2) is 41.2 Å². The minimum atomic E-state index is -0.484. The Morgan fingerprint density at radius 1 is 0.943 bits per heavy atom. The second-order valence-electron chi connectivity index (χ2n) is 11.5. The lowest BCUT2D eigenvalue weighted by molar-refractivity contribution is 0.0240. The average molecular weight is 480 g/mol. The molecule has 1 saturated heterocycles. The molecule has 0 radical (unpaired) electrons. The molecule has 1 amide bonds. The zero-order chi connectivity index (χ0) is 25.5. The van der Waals surface area contributed by atoms with Gasteiger partial charge in [-0.05, 0) is 50.5 Å². The van der Waals surface area contributed by atoms with Crippen LogP contribution in [0.2, 0.25) is 0 Å². The number of rotatable bonds is 3. The van der Waals surface area contributed by atoms with Crippen molar-refractivity contribution in [1.29, 1.82) is 0 Å². The molecule has 4 rings (SSSR count). The van der Waals surface area contributed by atoms with E-state index in [4.69, 9.17) is 9.72 Å². The number of amides is 1. The lowest BCUT2D eigenvalue weighted by atomic mass is 9.97. The minimum Gasteiger partial charge on any atom is -0.444 e. The van der Waals surface area contributed by atoms with E-state index >= 15 is 0 Å². The molecule has 188 valence electrons. The van der Waals surface area contributed by atoms with E-state index < -0.39 is 5.60 Å². The van der Waals surface area contributed by atoms with Crippen molar-refractivity contribution in [2.75, 3.05) is 31.1 Å². The molecule has 1 aromatic carbocycles. The van der Waals surface area contributed by atoms with E-state index in [1.807, 2.05) is 37.5 Å². The third-order valence-electron chi connectivity index (χ3n) is 6.07. The van der Waals surface area contributed by atoms with Crippen LogP contribution in [0.4, 0.5) is 10.5 Å². The fourth-order valence-corrected chi connectivity index (χ4v) is 4.38. The summed E-state index contributed by atoms with van der Waals surface area (Å²) in [5.41, 5.74) is 3.96. The number of ether oxygens (including phenoxy) is 1. The van der Waals surface area contributed by atoms with Crippen LogP contribution in [0.25, 0.3) is 22.4 Å². The van der Waals surface area contributed by atoms with Crippen LogP contribution >= 0.6 is 0 Å². The predicted octanol–water partition coefficient (Wildman–Crippen LogP) is 4.51. The summed E-state index contributed by atoms with van der Waals surface area (Å²) in [5, 5.41) is 0. The topological polar surface area (TPSA) is 72.6 Å². The van der Waals surface area contributed by atoms with E-state index in [2.05, 4.69) is 49.9 Å². The lowest BCUT2D eigenvalue weighted by Crippen LogP contribution is -2.50. The highest BCUT2D eigenvalue weighted by Gasteiger charge is 2.26. The number of pyridine rings is 1. The Morgan fingerprint density at radius 2 is 1.57 bits per heavy atom. The lowest BCUT2D eigenvalue weighted by Gasteiger charge is -2.36. The van der Waals surface area contributed by atoms with Crippen molar-refractivity contribution in [3.63, 3.8) is 0 Å². The van der Waals surface area contributed by atoms with Gasteiger partial charge in [-0.1, -0.05) is 32.9 Å². The Kier molecular flexibility index (Phi) is 6.42. The fourth-order valence-electron chi connectivity index (χ4n) is 4.38. The maximum absolute atomic E-state index is 12.8. The van der Waals surface area contributed by atoms with Crippen LogP contribution in [0.1, 0.15) is 41.5 Å². The van der Waals surface area contributed by atoms with Crippen molar-refractivity contribution in [2.45, 2.75) is 53.7 Å². The first-order chi connectivity index (χ1) is 16.3. The highest BCUT2D eigenvalue weighted by atomic mass is 16.6. The highest BCUT2D eigenvalue weighted by Crippen LogP contribution is 2.26. The van der Waals surface area contributed by atoms with Crippen LogP contribution in [0, 0.1) is 5.41 Å². The zero-order valence-electron chi connectivity index (χ0n) is 22.0. The summed E-state index contributed by atoms with van der Waals surface area (Å²) in [6, 6.07) is 12.3. The van der Waals surface area contributed by atoms with Crippen molar-refractivity contribution in [3.8, 4) is 11.3 Å². The molecule has 1 fully saturated rings. The van der Waals surface area contributed by atoms with Crippen LogP contribution < -0.4 is 10.6 Å². The number of anilines is 1. The molecule has 3 aromatic rings. The van der Waals surface area contributed by atoms with Gasteiger partial charge in [0.2, 0.25) is 0 Å². The van der Waals surface area contributed by atoms with E-state index in [1.165, 1.54) is 0 Å². The Labute approximate surface area is 207 Å². The Bertz CT molecular complexity index is 1270. The van der Waals surface area contributed by atoms with Gasteiger partial charge in [0.1, 0.15) is 5.60 Å². The summed E-state index contributed by atoms with van der Waals surface area (Å²) >= 11 is 0. The largest absolute Gasteiger partial charge is 0.444 e. The van der Waals surface area contributed by atoms with Gasteiger partial charge in [0, 0.05) is 51.0 Å². The molecule has 0 saturated carbocycles. The number of aromatic nitrogens is 3. The minimum absolute atomic E-state index is 0.00893. The van der Waals surface area contributed by atoms with Crippen molar-refractivity contribution in [3.05, 3.63) is 46.9 Å². The van der Waals surface area contributed by atoms with Crippen LogP contribution in [0.3, 0.4) is 0 Å². The second kappa shape index (κ2) is 9.06. The molecule has 1 aliphatic rings. The summed E-state index contributed by atoms with van der Waals surface area (Å²) in [5.74, 6) is 0. The van der Waals surface area contributed by atoms with E-state index in [-0.39, 0.29) is 17.2 Å². The number of aryl methyl sites for hydroxylation is 1. The summed E-state index contributed by atoms with van der Waals surface area (Å²) in [4.78, 5) is 34.0. The number of nitrogens with zero attached hydrogens (tertiary/aromatic N) is 5. The molecule has 0 bridgehead atoms. The van der Waals surface area contributed by atoms with Gasteiger partial charge >= 0.3 is 11.8 Å². The summed E-state index contributed by atoms with van der Waals surface area (Å²) in [6.45, 7) is 15.4. The Hall–Kier alpha value is -3.29. The standard InChI is InChI=1S/C27H37N5O3/c1-26(2,3)18-32-22-13-12-21(28-23(22)29(7)24(32)33)19-8-10-20(11-9-19)30-14-16-31(17-15-30)25(34)35-27(4,5)6/h8-13H,14-18H2,1-7H3. The van der Waals surface area contributed by atoms with Crippen molar-refractivity contribution >= 4 is 22.9 Å². The Morgan fingerprint density at radius 3 is 2.14 bits per heavy atom. The maximum atomic E-state index is 12.8. The van der Waals surface area contributed by atoms with Gasteiger partial charge in [-0.15, -0.1) is 0 Å². The van der Waals surface area contributed by atoms with Gasteiger partial charge in [0.05, 0.1) is 11.2 Å². The number of hydrogen-bond donors (Lipinski definition) is 0. The normalized spacial score (nSPS) is 15.1. The van der Waals surface area contributed by atoms with Gasteiger partial charge in [0.25, 0.3) is 0 Å². The van der Waals surface area contributed by atoms with Gasteiger partial charge in [-0.3, -0.25) is 9.13 Å². The smallest absolute Gasteiger partial charge is 0.410 e. The molecular formula is C27H37N5O3. The maximum Gasteiger partial charge on any atom is 0.410 e. The number of piperazine rings is 1. The van der Waals surface area contributed by atoms with E-state index in [0.717, 1.165) is 35.6 Å². The first kappa shape index (κ1) is 24.8. The van der Waals surface area contributed by atoms with Crippen LogP contribution in [-0.2, 0) is 18.3 Å².